The molecule has 0 bridgehead atoms. The zero-order valence-electron chi connectivity index (χ0n) is 13.4. The van der Waals surface area contributed by atoms with E-state index in [1.54, 1.807) is 0 Å². The van der Waals surface area contributed by atoms with Crippen LogP contribution < -0.4 is 5.73 Å². The average molecular weight is 299 g/mol. The lowest BCUT2D eigenvalue weighted by Gasteiger charge is -2.13. The van der Waals surface area contributed by atoms with Crippen LogP contribution in [0.2, 0.25) is 0 Å². The van der Waals surface area contributed by atoms with Gasteiger partial charge in [-0.1, -0.05) is 55.4 Å². The van der Waals surface area contributed by atoms with Crippen molar-refractivity contribution in [2.75, 3.05) is 0 Å². The van der Waals surface area contributed by atoms with Gasteiger partial charge >= 0.3 is 0 Å². The van der Waals surface area contributed by atoms with Gasteiger partial charge in [-0.15, -0.1) is 0 Å². The van der Waals surface area contributed by atoms with Gasteiger partial charge in [0, 0.05) is 15.8 Å². The third-order valence-electron chi connectivity index (χ3n) is 3.53. The number of aryl methyl sites for hydroxylation is 1. The second-order valence-electron chi connectivity index (χ2n) is 6.12. The highest BCUT2D eigenvalue weighted by atomic mass is 32.2. The summed E-state index contributed by atoms with van der Waals surface area (Å²) in [5.74, 6) is 0.581. The molecule has 1 nitrogen and oxygen atoms in total. The van der Waals surface area contributed by atoms with Crippen molar-refractivity contribution in [3.05, 3.63) is 59.2 Å². The van der Waals surface area contributed by atoms with Crippen LogP contribution in [0.25, 0.3) is 0 Å². The van der Waals surface area contributed by atoms with Gasteiger partial charge in [0.15, 0.2) is 0 Å². The number of hydrogen-bond donors (Lipinski definition) is 1. The second-order valence-corrected chi connectivity index (χ2v) is 7.23. The zero-order valence-corrected chi connectivity index (χ0v) is 14.2. The Kier molecular flexibility index (Phi) is 5.49. The first-order valence-electron chi connectivity index (χ1n) is 7.58. The van der Waals surface area contributed by atoms with Crippen molar-refractivity contribution >= 4 is 11.8 Å². The maximum absolute atomic E-state index is 5.98. The molecule has 0 aliphatic heterocycles. The molecule has 0 saturated heterocycles. The van der Waals surface area contributed by atoms with Gasteiger partial charge < -0.3 is 5.73 Å². The van der Waals surface area contributed by atoms with Crippen LogP contribution >= 0.6 is 11.8 Å². The lowest BCUT2D eigenvalue weighted by atomic mass is 10.0. The van der Waals surface area contributed by atoms with Crippen LogP contribution in [0.3, 0.4) is 0 Å². The molecule has 1 atom stereocenters. The predicted molar refractivity (Wildman–Crippen MR) is 93.2 cm³/mol. The van der Waals surface area contributed by atoms with Crippen LogP contribution in [0.4, 0.5) is 0 Å². The van der Waals surface area contributed by atoms with Crippen LogP contribution in [0, 0.1) is 6.92 Å². The normalized spacial score (nSPS) is 12.7. The summed E-state index contributed by atoms with van der Waals surface area (Å²) >= 11 is 1.83. The van der Waals surface area contributed by atoms with Gasteiger partial charge in [-0.2, -0.15) is 0 Å². The number of nitrogens with two attached hydrogens (primary N) is 1. The third kappa shape index (κ3) is 4.62. The fourth-order valence-corrected chi connectivity index (χ4v) is 3.30. The lowest BCUT2D eigenvalue weighted by Crippen LogP contribution is -2.18. The zero-order chi connectivity index (χ0) is 15.4. The van der Waals surface area contributed by atoms with E-state index in [2.05, 4.69) is 70.2 Å². The van der Waals surface area contributed by atoms with Crippen molar-refractivity contribution in [1.82, 2.24) is 0 Å². The summed E-state index contributed by atoms with van der Waals surface area (Å²) in [5.41, 5.74) is 10.0. The molecule has 0 heterocycles. The molecule has 0 fully saturated rings. The van der Waals surface area contributed by atoms with Crippen molar-refractivity contribution < 1.29 is 0 Å². The molecule has 2 aromatic carbocycles. The van der Waals surface area contributed by atoms with Gasteiger partial charge in [0.25, 0.3) is 0 Å². The molecular formula is C19H25NS. The van der Waals surface area contributed by atoms with Gasteiger partial charge in [0.2, 0.25) is 0 Å². The van der Waals surface area contributed by atoms with Crippen LogP contribution in [0.1, 0.15) is 43.4 Å². The molecule has 21 heavy (non-hydrogen) atoms. The fourth-order valence-electron chi connectivity index (χ4n) is 2.36. The molecule has 1 unspecified atom stereocenters. The smallest absolute Gasteiger partial charge is 0.0155 e. The number of rotatable bonds is 5. The molecular weight excluding hydrogens is 274 g/mol. The molecule has 0 aromatic heterocycles. The lowest BCUT2D eigenvalue weighted by molar-refractivity contribution is 0.729. The van der Waals surface area contributed by atoms with E-state index in [1.807, 2.05) is 11.8 Å². The van der Waals surface area contributed by atoms with Gasteiger partial charge in [-0.3, -0.25) is 0 Å². The minimum absolute atomic E-state index is 0.189. The SMILES string of the molecule is Cc1ccc(Sc2ccc(C(C)C)cc2)c(CC(C)N)c1. The topological polar surface area (TPSA) is 26.0 Å². The Labute approximate surface area is 133 Å². The largest absolute Gasteiger partial charge is 0.328 e. The van der Waals surface area contributed by atoms with Gasteiger partial charge in [-0.05, 0) is 55.5 Å². The molecule has 112 valence electrons. The summed E-state index contributed by atoms with van der Waals surface area (Å²) in [6.45, 7) is 8.65. The number of hydrogen-bond acceptors (Lipinski definition) is 2. The quantitative estimate of drug-likeness (QED) is 0.825. The molecule has 2 aromatic rings. The molecule has 0 amide bonds. The first kappa shape index (κ1) is 16.1. The van der Waals surface area contributed by atoms with E-state index in [9.17, 15) is 0 Å². The van der Waals surface area contributed by atoms with Gasteiger partial charge in [0.1, 0.15) is 0 Å². The second kappa shape index (κ2) is 7.15. The molecule has 2 heteroatoms. The Morgan fingerprint density at radius 1 is 1.00 bits per heavy atom. The Morgan fingerprint density at radius 3 is 2.24 bits per heavy atom. The van der Waals surface area contributed by atoms with E-state index in [0.717, 1.165) is 6.42 Å². The standard InChI is InChI=1S/C19H25NS/c1-13(2)16-6-8-18(9-7-16)21-19-10-5-14(3)11-17(19)12-15(4)20/h5-11,13,15H,12,20H2,1-4H3. The Hall–Kier alpha value is -1.25. The summed E-state index contributed by atoms with van der Waals surface area (Å²) in [6, 6.07) is 15.7. The first-order valence-corrected chi connectivity index (χ1v) is 8.40. The van der Waals surface area contributed by atoms with E-state index in [4.69, 9.17) is 5.73 Å². The van der Waals surface area contributed by atoms with E-state index in [1.165, 1.54) is 26.5 Å². The highest BCUT2D eigenvalue weighted by molar-refractivity contribution is 7.99. The Bertz CT molecular complexity index is 585. The van der Waals surface area contributed by atoms with E-state index < -0.39 is 0 Å². The minimum atomic E-state index is 0.189. The summed E-state index contributed by atoms with van der Waals surface area (Å²) in [4.78, 5) is 2.60. The minimum Gasteiger partial charge on any atom is -0.328 e. The molecule has 0 saturated carbocycles. The van der Waals surface area contributed by atoms with E-state index in [0.29, 0.717) is 5.92 Å². The number of benzene rings is 2. The average Bonchev–Trinajstić information content (AvgIpc) is 2.42. The van der Waals surface area contributed by atoms with Crippen molar-refractivity contribution in [3.63, 3.8) is 0 Å². The molecule has 0 spiro atoms. The highest BCUT2D eigenvalue weighted by Gasteiger charge is 2.08. The Balaban J connectivity index is 2.22. The summed E-state index contributed by atoms with van der Waals surface area (Å²) in [7, 11) is 0. The van der Waals surface area contributed by atoms with Gasteiger partial charge in [0.05, 0.1) is 0 Å². The first-order chi connectivity index (χ1) is 9.95. The summed E-state index contributed by atoms with van der Waals surface area (Å²) < 4.78 is 0. The van der Waals surface area contributed by atoms with Gasteiger partial charge in [-0.25, -0.2) is 0 Å². The van der Waals surface area contributed by atoms with Crippen LogP contribution in [-0.4, -0.2) is 6.04 Å². The fraction of sp³-hybridized carbons (Fsp3) is 0.368. The maximum Gasteiger partial charge on any atom is 0.0155 e. The van der Waals surface area contributed by atoms with E-state index >= 15 is 0 Å². The predicted octanol–water partition coefficient (Wildman–Crippen LogP) is 5.16. The van der Waals surface area contributed by atoms with Crippen molar-refractivity contribution in [2.45, 2.75) is 55.9 Å². The molecule has 0 radical (unpaired) electrons. The summed E-state index contributed by atoms with van der Waals surface area (Å²) in [5, 5.41) is 0. The van der Waals surface area contributed by atoms with Crippen LogP contribution in [0.5, 0.6) is 0 Å². The monoisotopic (exact) mass is 299 g/mol. The third-order valence-corrected chi connectivity index (χ3v) is 4.66. The van der Waals surface area contributed by atoms with E-state index in [-0.39, 0.29) is 6.04 Å². The molecule has 2 rings (SSSR count). The molecule has 2 N–H and O–H groups in total. The Morgan fingerprint density at radius 2 is 1.67 bits per heavy atom. The molecule has 0 aliphatic carbocycles. The van der Waals surface area contributed by atoms with Crippen molar-refractivity contribution in [1.29, 1.82) is 0 Å². The molecule has 0 aliphatic rings. The van der Waals surface area contributed by atoms with Crippen molar-refractivity contribution in [2.24, 2.45) is 5.73 Å². The van der Waals surface area contributed by atoms with Crippen LogP contribution in [0.15, 0.2) is 52.3 Å². The highest BCUT2D eigenvalue weighted by Crippen LogP contribution is 2.32. The summed E-state index contributed by atoms with van der Waals surface area (Å²) in [6.07, 6.45) is 0.925. The maximum atomic E-state index is 5.98. The van der Waals surface area contributed by atoms with Crippen molar-refractivity contribution in [3.8, 4) is 0 Å². The van der Waals surface area contributed by atoms with Crippen LogP contribution in [-0.2, 0) is 6.42 Å².